The van der Waals surface area contributed by atoms with E-state index in [2.05, 4.69) is 5.32 Å². The predicted octanol–water partition coefficient (Wildman–Crippen LogP) is 1.86. The smallest absolute Gasteiger partial charge is 0.261 e. The number of carbonyl (C=O) groups is 1. The molecule has 13 heavy (non-hydrogen) atoms. The summed E-state index contributed by atoms with van der Waals surface area (Å²) in [6, 6.07) is 3.48. The van der Waals surface area contributed by atoms with Crippen LogP contribution in [-0.2, 0) is 0 Å². The van der Waals surface area contributed by atoms with E-state index in [1.807, 2.05) is 20.8 Å². The number of carbonyl (C=O) groups excluding carboxylic acids is 1. The van der Waals surface area contributed by atoms with E-state index in [9.17, 15) is 4.79 Å². The highest BCUT2D eigenvalue weighted by atomic mass is 32.1. The van der Waals surface area contributed by atoms with Crippen LogP contribution >= 0.6 is 11.3 Å². The molecule has 0 saturated heterocycles. The lowest BCUT2D eigenvalue weighted by Gasteiger charge is -2.19. The van der Waals surface area contributed by atoms with Crippen LogP contribution in [0.15, 0.2) is 12.1 Å². The summed E-state index contributed by atoms with van der Waals surface area (Å²) in [5.74, 6) is -0.0609. The number of anilines is 1. The molecule has 0 spiro atoms. The van der Waals surface area contributed by atoms with E-state index in [1.165, 1.54) is 11.3 Å². The highest BCUT2D eigenvalue weighted by Gasteiger charge is 2.16. The number of amides is 1. The Bertz CT molecular complexity index is 312. The predicted molar refractivity (Wildman–Crippen MR) is 56.0 cm³/mol. The van der Waals surface area contributed by atoms with Gasteiger partial charge in [0.1, 0.15) is 0 Å². The molecule has 72 valence electrons. The van der Waals surface area contributed by atoms with Crippen molar-refractivity contribution in [3.8, 4) is 0 Å². The van der Waals surface area contributed by atoms with Crippen LogP contribution in [0.1, 0.15) is 30.4 Å². The highest BCUT2D eigenvalue weighted by molar-refractivity contribution is 7.17. The number of thiophene rings is 1. The van der Waals surface area contributed by atoms with Gasteiger partial charge in [0.15, 0.2) is 0 Å². The first kappa shape index (κ1) is 10.1. The molecule has 0 unspecified atom stereocenters. The van der Waals surface area contributed by atoms with Crippen molar-refractivity contribution < 1.29 is 4.79 Å². The number of nitrogens with two attached hydrogens (primary N) is 1. The first-order valence-electron chi connectivity index (χ1n) is 4.06. The van der Waals surface area contributed by atoms with Gasteiger partial charge in [-0.2, -0.15) is 0 Å². The lowest BCUT2D eigenvalue weighted by atomic mass is 10.1. The summed E-state index contributed by atoms with van der Waals surface area (Å²) in [6.07, 6.45) is 0. The van der Waals surface area contributed by atoms with Gasteiger partial charge < -0.3 is 11.1 Å². The van der Waals surface area contributed by atoms with Gasteiger partial charge in [-0.15, -0.1) is 11.3 Å². The van der Waals surface area contributed by atoms with Crippen molar-refractivity contribution in [3.63, 3.8) is 0 Å². The maximum Gasteiger partial charge on any atom is 0.261 e. The van der Waals surface area contributed by atoms with Gasteiger partial charge in [0.25, 0.3) is 5.91 Å². The third kappa shape index (κ3) is 3.06. The second-order valence-electron chi connectivity index (χ2n) is 3.91. The van der Waals surface area contributed by atoms with Crippen molar-refractivity contribution in [2.75, 3.05) is 5.73 Å². The minimum absolute atomic E-state index is 0.0609. The molecule has 0 aliphatic rings. The Labute approximate surface area is 81.9 Å². The molecule has 0 aromatic carbocycles. The third-order valence-corrected chi connectivity index (χ3v) is 2.25. The molecule has 0 fully saturated rings. The van der Waals surface area contributed by atoms with Crippen LogP contribution in [-0.4, -0.2) is 11.4 Å². The number of hydrogen-bond acceptors (Lipinski definition) is 3. The summed E-state index contributed by atoms with van der Waals surface area (Å²) in [5, 5.41) is 3.53. The van der Waals surface area contributed by atoms with Crippen molar-refractivity contribution in [2.45, 2.75) is 26.3 Å². The summed E-state index contributed by atoms with van der Waals surface area (Å²) in [5.41, 5.74) is 5.32. The Hall–Kier alpha value is -1.03. The summed E-state index contributed by atoms with van der Waals surface area (Å²) >= 11 is 1.30. The van der Waals surface area contributed by atoms with Crippen LogP contribution in [0.5, 0.6) is 0 Å². The molecule has 0 aliphatic heterocycles. The van der Waals surface area contributed by atoms with Crippen LogP contribution in [0.4, 0.5) is 5.00 Å². The van der Waals surface area contributed by atoms with E-state index in [-0.39, 0.29) is 11.4 Å². The molecule has 0 bridgehead atoms. The van der Waals surface area contributed by atoms with Gasteiger partial charge in [-0.25, -0.2) is 0 Å². The van der Waals surface area contributed by atoms with Gasteiger partial charge in [-0.3, -0.25) is 4.79 Å². The monoisotopic (exact) mass is 198 g/mol. The van der Waals surface area contributed by atoms with Gasteiger partial charge in [0.05, 0.1) is 9.88 Å². The van der Waals surface area contributed by atoms with E-state index >= 15 is 0 Å². The first-order valence-corrected chi connectivity index (χ1v) is 4.88. The lowest BCUT2D eigenvalue weighted by Crippen LogP contribution is -2.40. The number of rotatable bonds is 1. The Morgan fingerprint density at radius 1 is 1.46 bits per heavy atom. The second-order valence-corrected chi connectivity index (χ2v) is 5.02. The van der Waals surface area contributed by atoms with Crippen molar-refractivity contribution in [1.29, 1.82) is 0 Å². The van der Waals surface area contributed by atoms with Gasteiger partial charge >= 0.3 is 0 Å². The number of nitrogen functional groups attached to an aromatic ring is 1. The molecule has 0 saturated carbocycles. The maximum atomic E-state index is 11.5. The molecule has 0 atom stereocenters. The quantitative estimate of drug-likeness (QED) is 0.723. The average Bonchev–Trinajstić information content (AvgIpc) is 2.31. The van der Waals surface area contributed by atoms with E-state index in [1.54, 1.807) is 12.1 Å². The third-order valence-electron chi connectivity index (χ3n) is 1.34. The standard InChI is InChI=1S/C9H14N2OS/c1-9(2,3)11-8(12)6-4-5-7(10)13-6/h4-5H,10H2,1-3H3,(H,11,12). The van der Waals surface area contributed by atoms with Crippen LogP contribution in [0, 0.1) is 0 Å². The molecule has 1 aromatic rings. The zero-order valence-electron chi connectivity index (χ0n) is 8.05. The van der Waals surface area contributed by atoms with Gasteiger partial charge in [-0.05, 0) is 32.9 Å². The van der Waals surface area contributed by atoms with Crippen molar-refractivity contribution in [1.82, 2.24) is 5.32 Å². The molecule has 1 amide bonds. The van der Waals surface area contributed by atoms with Gasteiger partial charge in [0, 0.05) is 5.54 Å². The minimum Gasteiger partial charge on any atom is -0.391 e. The minimum atomic E-state index is -0.199. The zero-order valence-corrected chi connectivity index (χ0v) is 8.87. The van der Waals surface area contributed by atoms with Crippen molar-refractivity contribution in [2.24, 2.45) is 0 Å². The second kappa shape index (κ2) is 3.38. The summed E-state index contributed by atoms with van der Waals surface area (Å²) in [6.45, 7) is 5.84. The van der Waals surface area contributed by atoms with Crippen LogP contribution in [0.3, 0.4) is 0 Å². The van der Waals surface area contributed by atoms with E-state index < -0.39 is 0 Å². The highest BCUT2D eigenvalue weighted by Crippen LogP contribution is 2.18. The molecular formula is C9H14N2OS. The van der Waals surface area contributed by atoms with E-state index in [0.717, 1.165) is 0 Å². The van der Waals surface area contributed by atoms with Gasteiger partial charge in [0.2, 0.25) is 0 Å². The van der Waals surface area contributed by atoms with Gasteiger partial charge in [-0.1, -0.05) is 0 Å². The summed E-state index contributed by atoms with van der Waals surface area (Å²) in [7, 11) is 0. The SMILES string of the molecule is CC(C)(C)NC(=O)c1ccc(N)s1. The Morgan fingerprint density at radius 3 is 2.46 bits per heavy atom. The number of hydrogen-bond donors (Lipinski definition) is 2. The Kier molecular flexibility index (Phi) is 2.61. The van der Waals surface area contributed by atoms with E-state index in [4.69, 9.17) is 5.73 Å². The molecule has 3 N–H and O–H groups in total. The van der Waals surface area contributed by atoms with Crippen LogP contribution < -0.4 is 11.1 Å². The van der Waals surface area contributed by atoms with E-state index in [0.29, 0.717) is 9.88 Å². The summed E-state index contributed by atoms with van der Waals surface area (Å²) in [4.78, 5) is 12.2. The average molecular weight is 198 g/mol. The lowest BCUT2D eigenvalue weighted by molar-refractivity contribution is 0.0924. The number of nitrogens with one attached hydrogen (secondary N) is 1. The molecule has 1 aromatic heterocycles. The molecule has 3 nitrogen and oxygen atoms in total. The molecular weight excluding hydrogens is 184 g/mol. The molecule has 4 heteroatoms. The fraction of sp³-hybridized carbons (Fsp3) is 0.444. The fourth-order valence-electron chi connectivity index (χ4n) is 0.877. The van der Waals surface area contributed by atoms with Crippen LogP contribution in [0.2, 0.25) is 0 Å². The Morgan fingerprint density at radius 2 is 2.08 bits per heavy atom. The topological polar surface area (TPSA) is 55.1 Å². The van der Waals surface area contributed by atoms with Crippen molar-refractivity contribution >= 4 is 22.2 Å². The fourth-order valence-corrected chi connectivity index (χ4v) is 1.55. The van der Waals surface area contributed by atoms with Crippen molar-refractivity contribution in [3.05, 3.63) is 17.0 Å². The summed E-state index contributed by atoms with van der Waals surface area (Å²) < 4.78 is 0. The Balaban J connectivity index is 2.70. The van der Waals surface area contributed by atoms with Crippen LogP contribution in [0.25, 0.3) is 0 Å². The first-order chi connectivity index (χ1) is 5.88. The molecule has 0 aliphatic carbocycles. The normalized spacial score (nSPS) is 11.3. The maximum absolute atomic E-state index is 11.5. The molecule has 0 radical (unpaired) electrons. The molecule has 1 rings (SSSR count). The zero-order chi connectivity index (χ0) is 10.1. The molecule has 1 heterocycles. The largest absolute Gasteiger partial charge is 0.391 e.